The lowest BCUT2D eigenvalue weighted by Crippen LogP contribution is -2.36. The molecule has 1 unspecified atom stereocenters. The van der Waals surface area contributed by atoms with E-state index < -0.39 is 0 Å². The molecule has 0 spiro atoms. The van der Waals surface area contributed by atoms with Crippen LogP contribution in [0.3, 0.4) is 0 Å². The molecular formula is C15H22N2O3S2. The molecule has 1 heterocycles. The summed E-state index contributed by atoms with van der Waals surface area (Å²) in [6.45, 7) is 2.71. The highest BCUT2D eigenvalue weighted by Crippen LogP contribution is 2.15. The van der Waals surface area contributed by atoms with E-state index in [0.717, 1.165) is 5.08 Å². The van der Waals surface area contributed by atoms with Crippen LogP contribution in [0.4, 0.5) is 0 Å². The van der Waals surface area contributed by atoms with Gasteiger partial charge in [-0.15, -0.1) is 23.5 Å². The standard InChI is InChI=1S/C15H22N2O3S2/c1-2-14(19)16-9-12-3-4-13(18)5-7-21-11-22-8-6-15(20)17-10-12/h5-8,12H,2-4,9-11H2,1H3,(H,16,19)(H,17,20)/b7-5+,8-6+. The molecule has 5 nitrogen and oxygen atoms in total. The number of ketones is 1. The summed E-state index contributed by atoms with van der Waals surface area (Å²) in [6.07, 6.45) is 4.59. The highest BCUT2D eigenvalue weighted by atomic mass is 32.2. The van der Waals surface area contributed by atoms with Crippen LogP contribution >= 0.6 is 23.5 Å². The highest BCUT2D eigenvalue weighted by molar-refractivity contribution is 8.18. The third-order valence-corrected chi connectivity index (χ3v) is 4.82. The monoisotopic (exact) mass is 342 g/mol. The van der Waals surface area contributed by atoms with Gasteiger partial charge in [0, 0.05) is 37.1 Å². The first-order valence-electron chi connectivity index (χ1n) is 7.25. The number of rotatable bonds is 3. The quantitative estimate of drug-likeness (QED) is 0.821. The number of hydrogen-bond acceptors (Lipinski definition) is 5. The number of allylic oxidation sites excluding steroid dienone is 1. The summed E-state index contributed by atoms with van der Waals surface area (Å²) >= 11 is 3.03. The Labute approximate surface area is 139 Å². The first-order chi connectivity index (χ1) is 10.6. The number of nitrogens with one attached hydrogen (secondary N) is 2. The van der Waals surface area contributed by atoms with Crippen LogP contribution in [0.5, 0.6) is 0 Å². The highest BCUT2D eigenvalue weighted by Gasteiger charge is 2.13. The molecule has 1 aliphatic heterocycles. The molecule has 1 atom stereocenters. The van der Waals surface area contributed by atoms with Crippen molar-refractivity contribution in [1.82, 2.24) is 10.6 Å². The average Bonchev–Trinajstić information content (AvgIpc) is 2.52. The van der Waals surface area contributed by atoms with E-state index in [-0.39, 0.29) is 23.5 Å². The summed E-state index contributed by atoms with van der Waals surface area (Å²) in [5.41, 5.74) is 0. The zero-order valence-corrected chi connectivity index (χ0v) is 14.3. The van der Waals surface area contributed by atoms with Crippen LogP contribution in [0.1, 0.15) is 26.2 Å². The fourth-order valence-corrected chi connectivity index (χ4v) is 3.16. The van der Waals surface area contributed by atoms with E-state index in [2.05, 4.69) is 10.6 Å². The molecule has 22 heavy (non-hydrogen) atoms. The molecule has 1 rings (SSSR count). The van der Waals surface area contributed by atoms with Crippen molar-refractivity contribution in [3.63, 3.8) is 0 Å². The predicted molar refractivity (Wildman–Crippen MR) is 92.4 cm³/mol. The third kappa shape index (κ3) is 8.94. The maximum atomic E-state index is 11.8. The Kier molecular flexibility index (Phi) is 9.74. The topological polar surface area (TPSA) is 75.3 Å². The van der Waals surface area contributed by atoms with Crippen molar-refractivity contribution in [3.05, 3.63) is 23.0 Å². The van der Waals surface area contributed by atoms with Crippen LogP contribution in [0, 0.1) is 5.92 Å². The minimum Gasteiger partial charge on any atom is -0.356 e. The number of carbonyl (C=O) groups is 3. The van der Waals surface area contributed by atoms with E-state index in [1.807, 2.05) is 0 Å². The molecule has 0 saturated carbocycles. The summed E-state index contributed by atoms with van der Waals surface area (Å²) in [5, 5.41) is 9.94. The van der Waals surface area contributed by atoms with Crippen LogP contribution in [0.2, 0.25) is 0 Å². The molecule has 0 saturated heterocycles. The van der Waals surface area contributed by atoms with Crippen molar-refractivity contribution in [2.45, 2.75) is 26.2 Å². The molecule has 0 aromatic rings. The molecule has 2 amide bonds. The number of amides is 2. The van der Waals surface area contributed by atoms with Crippen LogP contribution in [0.25, 0.3) is 0 Å². The predicted octanol–water partition coefficient (Wildman–Crippen LogP) is 2.06. The van der Waals surface area contributed by atoms with Gasteiger partial charge in [0.15, 0.2) is 5.78 Å². The summed E-state index contributed by atoms with van der Waals surface area (Å²) < 4.78 is 0. The number of carbonyl (C=O) groups excluding carboxylic acids is 3. The van der Waals surface area contributed by atoms with E-state index in [9.17, 15) is 14.4 Å². The Morgan fingerprint density at radius 1 is 1.32 bits per heavy atom. The van der Waals surface area contributed by atoms with E-state index in [1.165, 1.54) is 29.6 Å². The van der Waals surface area contributed by atoms with Crippen LogP contribution in [-0.4, -0.2) is 35.8 Å². The van der Waals surface area contributed by atoms with Gasteiger partial charge in [0.05, 0.1) is 0 Å². The van der Waals surface area contributed by atoms with Crippen molar-refractivity contribution >= 4 is 41.1 Å². The van der Waals surface area contributed by atoms with Crippen LogP contribution in [0.15, 0.2) is 23.0 Å². The van der Waals surface area contributed by atoms with Gasteiger partial charge in [0.25, 0.3) is 0 Å². The molecule has 0 aliphatic carbocycles. The fourth-order valence-electron chi connectivity index (χ4n) is 1.74. The molecule has 0 bridgehead atoms. The van der Waals surface area contributed by atoms with Crippen LogP contribution < -0.4 is 10.6 Å². The Hall–Kier alpha value is -1.21. The zero-order valence-electron chi connectivity index (χ0n) is 12.7. The fraction of sp³-hybridized carbons (Fsp3) is 0.533. The van der Waals surface area contributed by atoms with Gasteiger partial charge >= 0.3 is 0 Å². The van der Waals surface area contributed by atoms with Crippen molar-refractivity contribution in [1.29, 1.82) is 0 Å². The SMILES string of the molecule is CCC(=O)NCC1CCC(=O)/C=C/SCS/C=C/C(=O)NC1. The molecular weight excluding hydrogens is 320 g/mol. The zero-order chi connectivity index (χ0) is 16.2. The lowest BCUT2D eigenvalue weighted by molar-refractivity contribution is -0.120. The van der Waals surface area contributed by atoms with Gasteiger partial charge in [-0.05, 0) is 29.2 Å². The van der Waals surface area contributed by atoms with Crippen molar-refractivity contribution in [2.24, 2.45) is 5.92 Å². The van der Waals surface area contributed by atoms with Crippen LogP contribution in [-0.2, 0) is 14.4 Å². The smallest absolute Gasteiger partial charge is 0.244 e. The Morgan fingerprint density at radius 2 is 2.05 bits per heavy atom. The maximum Gasteiger partial charge on any atom is 0.244 e. The van der Waals surface area contributed by atoms with E-state index in [1.54, 1.807) is 23.8 Å². The molecule has 2 N–H and O–H groups in total. The third-order valence-electron chi connectivity index (χ3n) is 3.07. The Balaban J connectivity index is 2.60. The summed E-state index contributed by atoms with van der Waals surface area (Å²) in [7, 11) is 0. The summed E-state index contributed by atoms with van der Waals surface area (Å²) in [5.74, 6) is -0.0513. The van der Waals surface area contributed by atoms with Crippen molar-refractivity contribution < 1.29 is 14.4 Å². The lowest BCUT2D eigenvalue weighted by atomic mass is 10.0. The van der Waals surface area contributed by atoms with E-state index >= 15 is 0 Å². The average molecular weight is 342 g/mol. The van der Waals surface area contributed by atoms with E-state index in [0.29, 0.717) is 32.4 Å². The number of thioether (sulfide) groups is 2. The Bertz CT molecular complexity index is 420. The molecule has 7 heteroatoms. The summed E-state index contributed by atoms with van der Waals surface area (Å²) in [6, 6.07) is 0. The van der Waals surface area contributed by atoms with Crippen molar-refractivity contribution in [3.8, 4) is 0 Å². The summed E-state index contributed by atoms with van der Waals surface area (Å²) in [4.78, 5) is 34.8. The van der Waals surface area contributed by atoms with Gasteiger partial charge in [-0.3, -0.25) is 14.4 Å². The molecule has 0 aromatic carbocycles. The molecule has 0 aromatic heterocycles. The second-order valence-electron chi connectivity index (χ2n) is 4.83. The van der Waals surface area contributed by atoms with Gasteiger partial charge in [-0.2, -0.15) is 0 Å². The first kappa shape index (κ1) is 18.8. The van der Waals surface area contributed by atoms with Gasteiger partial charge in [-0.25, -0.2) is 0 Å². The molecule has 122 valence electrons. The first-order valence-corrected chi connectivity index (χ1v) is 9.35. The maximum absolute atomic E-state index is 11.8. The normalized spacial score (nSPS) is 24.0. The second-order valence-corrected chi connectivity index (χ2v) is 6.98. The largest absolute Gasteiger partial charge is 0.356 e. The molecule has 0 fully saturated rings. The Morgan fingerprint density at radius 3 is 2.77 bits per heavy atom. The number of hydrogen-bond donors (Lipinski definition) is 2. The van der Waals surface area contributed by atoms with Gasteiger partial charge < -0.3 is 10.6 Å². The van der Waals surface area contributed by atoms with Crippen molar-refractivity contribution in [2.75, 3.05) is 18.2 Å². The van der Waals surface area contributed by atoms with Gasteiger partial charge in [0.1, 0.15) is 0 Å². The second kappa shape index (κ2) is 11.4. The molecule has 0 radical (unpaired) electrons. The molecule has 1 aliphatic rings. The minimum absolute atomic E-state index is 0.0235. The van der Waals surface area contributed by atoms with Gasteiger partial charge in [0.2, 0.25) is 11.8 Å². The lowest BCUT2D eigenvalue weighted by Gasteiger charge is -2.17. The van der Waals surface area contributed by atoms with Gasteiger partial charge in [-0.1, -0.05) is 6.92 Å². The minimum atomic E-state index is -0.150. The van der Waals surface area contributed by atoms with E-state index in [4.69, 9.17) is 0 Å².